The van der Waals surface area contributed by atoms with Gasteiger partial charge in [-0.3, -0.25) is 15.0 Å². The van der Waals surface area contributed by atoms with E-state index in [1.165, 1.54) is 5.39 Å². The number of nitrogens with zero attached hydrogens (tertiary/aromatic N) is 5. The molecule has 46 heavy (non-hydrogen) atoms. The number of para-hydroxylation sites is 3. The summed E-state index contributed by atoms with van der Waals surface area (Å²) in [5, 5.41) is 2.32. The molecule has 0 atom stereocenters. The third-order valence-corrected chi connectivity index (χ3v) is 8.48. The second-order valence-corrected chi connectivity index (χ2v) is 11.2. The Kier molecular flexibility index (Phi) is 6.03. The van der Waals surface area contributed by atoms with Crippen LogP contribution in [0.4, 0.5) is 0 Å². The maximum atomic E-state index is 6.19. The molecule has 4 aromatic carbocycles. The van der Waals surface area contributed by atoms with Crippen LogP contribution in [-0.4, -0.2) is 24.5 Å². The second-order valence-electron chi connectivity index (χ2n) is 11.2. The van der Waals surface area contributed by atoms with Crippen molar-refractivity contribution < 1.29 is 4.42 Å². The second kappa shape index (κ2) is 10.6. The summed E-state index contributed by atoms with van der Waals surface area (Å²) in [7, 11) is 0. The van der Waals surface area contributed by atoms with Crippen molar-refractivity contribution >= 4 is 32.9 Å². The Labute approximate surface area is 264 Å². The van der Waals surface area contributed by atoms with Gasteiger partial charge >= 0.3 is 0 Å². The first kappa shape index (κ1) is 26.0. The molecule has 0 aliphatic heterocycles. The fraction of sp³-hybridized carbons (Fsp3) is 0. The van der Waals surface area contributed by atoms with Crippen LogP contribution in [0, 0.1) is 0 Å². The number of aromatic nitrogens is 5. The summed E-state index contributed by atoms with van der Waals surface area (Å²) in [5.74, 6) is 0.596. The molecule has 0 aliphatic carbocycles. The van der Waals surface area contributed by atoms with Gasteiger partial charge in [0.2, 0.25) is 5.89 Å². The molecule has 0 unspecified atom stereocenters. The number of pyridine rings is 3. The zero-order valence-electron chi connectivity index (χ0n) is 24.6. The van der Waals surface area contributed by atoms with E-state index >= 15 is 0 Å². The summed E-state index contributed by atoms with van der Waals surface area (Å²) in [6, 6.07) is 41.6. The van der Waals surface area contributed by atoms with Gasteiger partial charge in [-0.2, -0.15) is 0 Å². The summed E-state index contributed by atoms with van der Waals surface area (Å²) in [6.07, 6.45) is 9.26. The van der Waals surface area contributed by atoms with Crippen molar-refractivity contribution in [2.45, 2.75) is 0 Å². The van der Waals surface area contributed by atoms with E-state index in [0.29, 0.717) is 5.89 Å². The monoisotopic (exact) mass is 591 g/mol. The first-order chi connectivity index (χ1) is 22.8. The summed E-state index contributed by atoms with van der Waals surface area (Å²) in [5.41, 5.74) is 11.8. The van der Waals surface area contributed by atoms with Crippen LogP contribution in [0.3, 0.4) is 0 Å². The van der Waals surface area contributed by atoms with Crippen molar-refractivity contribution in [2.75, 3.05) is 0 Å². The van der Waals surface area contributed by atoms with Gasteiger partial charge in [0, 0.05) is 75.1 Å². The number of fused-ring (bicyclic) bond motifs is 4. The predicted molar refractivity (Wildman–Crippen MR) is 183 cm³/mol. The Bertz CT molecular complexity index is 2480. The smallest absolute Gasteiger partial charge is 0.227 e. The number of hydrogen-bond acceptors (Lipinski definition) is 5. The van der Waals surface area contributed by atoms with E-state index in [-0.39, 0.29) is 0 Å². The summed E-state index contributed by atoms with van der Waals surface area (Å²) < 4.78 is 8.53. The van der Waals surface area contributed by atoms with Gasteiger partial charge in [-0.05, 0) is 54.6 Å². The van der Waals surface area contributed by atoms with Crippen LogP contribution >= 0.6 is 0 Å². The van der Waals surface area contributed by atoms with Gasteiger partial charge in [-0.1, -0.05) is 66.7 Å². The Morgan fingerprint density at radius 3 is 2.07 bits per heavy atom. The number of oxazole rings is 1. The van der Waals surface area contributed by atoms with Crippen molar-refractivity contribution in [1.82, 2.24) is 24.5 Å². The lowest BCUT2D eigenvalue weighted by Gasteiger charge is -2.16. The minimum Gasteiger partial charge on any atom is -0.436 e. The van der Waals surface area contributed by atoms with Crippen LogP contribution in [0.5, 0.6) is 0 Å². The lowest BCUT2D eigenvalue weighted by Crippen LogP contribution is -1.99. The Morgan fingerprint density at radius 1 is 0.522 bits per heavy atom. The quantitative estimate of drug-likeness (QED) is 0.199. The lowest BCUT2D eigenvalue weighted by molar-refractivity contribution is 0.620. The zero-order chi connectivity index (χ0) is 30.5. The molecule has 0 amide bonds. The van der Waals surface area contributed by atoms with E-state index in [0.717, 1.165) is 72.3 Å². The van der Waals surface area contributed by atoms with Crippen LogP contribution in [0.25, 0.3) is 83.6 Å². The normalized spacial score (nSPS) is 11.5. The van der Waals surface area contributed by atoms with Gasteiger partial charge < -0.3 is 8.98 Å². The Morgan fingerprint density at radius 2 is 1.26 bits per heavy atom. The molecular weight excluding hydrogens is 566 g/mol. The highest BCUT2D eigenvalue weighted by Crippen LogP contribution is 2.39. The fourth-order valence-corrected chi connectivity index (χ4v) is 6.27. The van der Waals surface area contributed by atoms with E-state index in [1.807, 2.05) is 61.1 Å². The van der Waals surface area contributed by atoms with Gasteiger partial charge in [0.05, 0.1) is 22.4 Å². The summed E-state index contributed by atoms with van der Waals surface area (Å²) in [4.78, 5) is 18.4. The lowest BCUT2D eigenvalue weighted by atomic mass is 10.00. The maximum absolute atomic E-state index is 6.19. The van der Waals surface area contributed by atoms with Crippen molar-refractivity contribution in [3.8, 4) is 50.7 Å². The average molecular weight is 592 g/mol. The first-order valence-corrected chi connectivity index (χ1v) is 15.1. The summed E-state index contributed by atoms with van der Waals surface area (Å²) >= 11 is 0. The van der Waals surface area contributed by atoms with Gasteiger partial charge in [-0.25, -0.2) is 4.98 Å². The predicted octanol–water partition coefficient (Wildman–Crippen LogP) is 9.78. The molecule has 0 spiro atoms. The third kappa shape index (κ3) is 4.35. The zero-order valence-corrected chi connectivity index (χ0v) is 24.6. The van der Waals surface area contributed by atoms with Crippen molar-refractivity contribution in [2.24, 2.45) is 0 Å². The van der Waals surface area contributed by atoms with E-state index in [4.69, 9.17) is 14.4 Å². The van der Waals surface area contributed by atoms with Crippen molar-refractivity contribution in [3.05, 3.63) is 152 Å². The fourth-order valence-electron chi connectivity index (χ4n) is 6.27. The molecule has 6 heteroatoms. The van der Waals surface area contributed by atoms with E-state index < -0.39 is 0 Å². The van der Waals surface area contributed by atoms with Crippen LogP contribution in [-0.2, 0) is 0 Å². The standard InChI is InChI=1S/C40H25N5O/c1-3-11-36-32(9-1)33-17-14-27(40-44-35-10-2-4-12-39(35)46-40)22-38(33)45(36)37-21-26(13-16-31(37)30-8-6-20-42-24-30)34-18-15-29(25-43-34)28-7-5-19-41-23-28/h1-25H. The molecule has 6 nitrogen and oxygen atoms in total. The minimum atomic E-state index is 0.596. The van der Waals surface area contributed by atoms with Crippen molar-refractivity contribution in [3.63, 3.8) is 0 Å². The van der Waals surface area contributed by atoms with Crippen LogP contribution in [0.2, 0.25) is 0 Å². The van der Waals surface area contributed by atoms with E-state index in [9.17, 15) is 0 Å². The van der Waals surface area contributed by atoms with Gasteiger partial charge in [0.25, 0.3) is 0 Å². The molecule has 0 aliphatic rings. The topological polar surface area (TPSA) is 69.6 Å². The third-order valence-electron chi connectivity index (χ3n) is 8.48. The number of benzene rings is 4. The maximum Gasteiger partial charge on any atom is 0.227 e. The molecule has 9 aromatic rings. The molecule has 0 N–H and O–H groups in total. The molecule has 5 heterocycles. The largest absolute Gasteiger partial charge is 0.436 e. The molecule has 0 fully saturated rings. The van der Waals surface area contributed by atoms with Gasteiger partial charge in [0.15, 0.2) is 5.58 Å². The molecule has 216 valence electrons. The highest BCUT2D eigenvalue weighted by Gasteiger charge is 2.19. The van der Waals surface area contributed by atoms with Gasteiger partial charge in [0.1, 0.15) is 5.52 Å². The summed E-state index contributed by atoms with van der Waals surface area (Å²) in [6.45, 7) is 0. The molecular formula is C40H25N5O. The van der Waals surface area contributed by atoms with E-state index in [1.54, 1.807) is 12.4 Å². The molecule has 0 saturated heterocycles. The molecule has 0 saturated carbocycles. The van der Waals surface area contributed by atoms with E-state index in [2.05, 4.69) is 93.4 Å². The Hall–Kier alpha value is -6.40. The molecule has 9 rings (SSSR count). The SMILES string of the molecule is c1cncc(-c2ccc(-c3ccc(-c4cccnc4)c(-n4c5ccccc5c5ccc(-c6nc7ccccc7o6)cc54)c3)nc2)c1. The Balaban J connectivity index is 1.27. The molecule has 0 bridgehead atoms. The average Bonchev–Trinajstić information content (AvgIpc) is 3.71. The van der Waals surface area contributed by atoms with Crippen LogP contribution in [0.15, 0.2) is 157 Å². The highest BCUT2D eigenvalue weighted by atomic mass is 16.3. The number of rotatable bonds is 5. The van der Waals surface area contributed by atoms with Crippen LogP contribution in [0.1, 0.15) is 0 Å². The minimum absolute atomic E-state index is 0.596. The molecule has 5 aromatic heterocycles. The first-order valence-electron chi connectivity index (χ1n) is 15.1. The van der Waals surface area contributed by atoms with Crippen molar-refractivity contribution in [1.29, 1.82) is 0 Å². The molecule has 0 radical (unpaired) electrons. The van der Waals surface area contributed by atoms with Gasteiger partial charge in [-0.15, -0.1) is 0 Å². The van der Waals surface area contributed by atoms with Crippen LogP contribution < -0.4 is 0 Å². The highest BCUT2D eigenvalue weighted by molar-refractivity contribution is 6.10. The number of hydrogen-bond donors (Lipinski definition) is 0.